The van der Waals surface area contributed by atoms with Crippen LogP contribution in [-0.4, -0.2) is 53.7 Å². The van der Waals surface area contributed by atoms with Crippen molar-refractivity contribution >= 4 is 16.0 Å². The van der Waals surface area contributed by atoms with Crippen LogP contribution in [0.4, 0.5) is 0 Å². The van der Waals surface area contributed by atoms with Gasteiger partial charge in [0, 0.05) is 25.1 Å². The van der Waals surface area contributed by atoms with Gasteiger partial charge in [-0.15, -0.1) is 0 Å². The molecule has 0 saturated carbocycles. The molecule has 0 bridgehead atoms. The van der Waals surface area contributed by atoms with Crippen molar-refractivity contribution in [1.82, 2.24) is 4.31 Å². The standard InChI is InChI=1S/C22H31NO6S/c1-14-5-7-16(8-6-14)30(27,28)23-11-9-17-18(23)13-15(10-12-24)19(20(17)25)21(26)29-22(2,3)4/h5-8,15,17-18,24-25H,9-13H2,1-4H3/t15-,17-,18-/m0/s1. The van der Waals surface area contributed by atoms with Gasteiger partial charge in [0.15, 0.2) is 0 Å². The molecule has 7 nitrogen and oxygen atoms in total. The number of aryl methyl sites for hydroxylation is 1. The average molecular weight is 438 g/mol. The first kappa shape index (κ1) is 22.8. The van der Waals surface area contributed by atoms with Crippen LogP contribution < -0.4 is 0 Å². The van der Waals surface area contributed by atoms with Gasteiger partial charge in [0.2, 0.25) is 10.0 Å². The summed E-state index contributed by atoms with van der Waals surface area (Å²) in [6.45, 7) is 7.24. The average Bonchev–Trinajstić information content (AvgIpc) is 3.06. The Bertz CT molecular complexity index is 929. The molecule has 0 radical (unpaired) electrons. The molecule has 0 unspecified atom stereocenters. The molecule has 1 aromatic carbocycles. The lowest BCUT2D eigenvalue weighted by molar-refractivity contribution is -0.151. The second-order valence-electron chi connectivity index (χ2n) is 9.14. The zero-order valence-electron chi connectivity index (χ0n) is 18.0. The van der Waals surface area contributed by atoms with Gasteiger partial charge in [-0.3, -0.25) is 0 Å². The largest absolute Gasteiger partial charge is 0.511 e. The highest BCUT2D eigenvalue weighted by atomic mass is 32.2. The van der Waals surface area contributed by atoms with E-state index in [1.807, 2.05) is 6.92 Å². The third-order valence-electron chi connectivity index (χ3n) is 5.78. The molecular formula is C22H31NO6S. The molecule has 1 heterocycles. The van der Waals surface area contributed by atoms with Gasteiger partial charge in [-0.05, 0) is 65.0 Å². The van der Waals surface area contributed by atoms with Gasteiger partial charge in [0.05, 0.1) is 10.5 Å². The Labute approximate surface area is 178 Å². The zero-order valence-corrected chi connectivity index (χ0v) is 18.8. The topological polar surface area (TPSA) is 104 Å². The molecule has 1 fully saturated rings. The molecule has 1 aliphatic carbocycles. The Morgan fingerprint density at radius 1 is 1.23 bits per heavy atom. The number of rotatable bonds is 5. The minimum absolute atomic E-state index is 0.0967. The predicted molar refractivity (Wildman–Crippen MR) is 112 cm³/mol. The van der Waals surface area contributed by atoms with E-state index in [1.54, 1.807) is 45.0 Å². The van der Waals surface area contributed by atoms with Gasteiger partial charge >= 0.3 is 5.97 Å². The van der Waals surface area contributed by atoms with Crippen LogP contribution in [0.5, 0.6) is 0 Å². The van der Waals surface area contributed by atoms with Crippen LogP contribution in [0.3, 0.4) is 0 Å². The van der Waals surface area contributed by atoms with Crippen molar-refractivity contribution in [1.29, 1.82) is 0 Å². The van der Waals surface area contributed by atoms with Crippen LogP contribution in [0.1, 0.15) is 45.6 Å². The summed E-state index contributed by atoms with van der Waals surface area (Å²) in [6.07, 6.45) is 1.04. The summed E-state index contributed by atoms with van der Waals surface area (Å²) in [5.74, 6) is -1.63. The second kappa shape index (κ2) is 8.32. The summed E-state index contributed by atoms with van der Waals surface area (Å²) in [5, 5.41) is 20.5. The molecule has 166 valence electrons. The number of carbonyl (C=O) groups excluding carboxylic acids is 1. The molecule has 0 spiro atoms. The van der Waals surface area contributed by atoms with E-state index >= 15 is 0 Å². The van der Waals surface area contributed by atoms with Crippen molar-refractivity contribution in [3.63, 3.8) is 0 Å². The summed E-state index contributed by atoms with van der Waals surface area (Å²) in [7, 11) is -3.73. The molecule has 0 amide bonds. The van der Waals surface area contributed by atoms with E-state index in [9.17, 15) is 23.4 Å². The Kier molecular flexibility index (Phi) is 6.32. The highest BCUT2D eigenvalue weighted by Crippen LogP contribution is 2.45. The Balaban J connectivity index is 1.95. The normalized spacial score (nSPS) is 25.3. The Hall–Kier alpha value is -1.90. The molecular weight excluding hydrogens is 406 g/mol. The fraction of sp³-hybridized carbons (Fsp3) is 0.591. The number of aliphatic hydroxyl groups excluding tert-OH is 2. The second-order valence-corrected chi connectivity index (χ2v) is 11.0. The molecule has 3 rings (SSSR count). The summed E-state index contributed by atoms with van der Waals surface area (Å²) < 4.78 is 33.4. The SMILES string of the molecule is Cc1ccc(S(=O)(=O)N2CC[C@@H]3C(O)=C(C(=O)OC(C)(C)C)[C@@H](CCO)C[C@@H]32)cc1. The number of fused-ring (bicyclic) bond motifs is 1. The number of nitrogens with zero attached hydrogens (tertiary/aromatic N) is 1. The van der Waals surface area contributed by atoms with Crippen molar-refractivity contribution in [3.8, 4) is 0 Å². The van der Waals surface area contributed by atoms with Crippen LogP contribution in [-0.2, 0) is 19.6 Å². The van der Waals surface area contributed by atoms with E-state index in [0.29, 0.717) is 12.8 Å². The van der Waals surface area contributed by atoms with Gasteiger partial charge < -0.3 is 14.9 Å². The predicted octanol–water partition coefficient (Wildman–Crippen LogP) is 2.93. The molecule has 3 atom stereocenters. The highest BCUT2D eigenvalue weighted by Gasteiger charge is 2.49. The van der Waals surface area contributed by atoms with E-state index in [1.165, 1.54) is 4.31 Å². The van der Waals surface area contributed by atoms with Crippen molar-refractivity contribution in [2.24, 2.45) is 11.8 Å². The zero-order chi connectivity index (χ0) is 22.3. The third-order valence-corrected chi connectivity index (χ3v) is 7.72. The fourth-order valence-electron chi connectivity index (χ4n) is 4.41. The minimum atomic E-state index is -3.73. The Morgan fingerprint density at radius 3 is 2.43 bits per heavy atom. The molecule has 2 aliphatic rings. The van der Waals surface area contributed by atoms with Crippen LogP contribution in [0, 0.1) is 18.8 Å². The van der Waals surface area contributed by atoms with Gasteiger partial charge in [0.1, 0.15) is 11.4 Å². The number of hydrogen-bond donors (Lipinski definition) is 2. The highest BCUT2D eigenvalue weighted by molar-refractivity contribution is 7.89. The van der Waals surface area contributed by atoms with E-state index in [-0.39, 0.29) is 35.8 Å². The number of sulfonamides is 1. The fourth-order valence-corrected chi connectivity index (χ4v) is 6.10. The first-order valence-electron chi connectivity index (χ1n) is 10.3. The number of benzene rings is 1. The van der Waals surface area contributed by atoms with Crippen LogP contribution in [0.15, 0.2) is 40.5 Å². The van der Waals surface area contributed by atoms with Crippen molar-refractivity contribution in [2.45, 2.75) is 63.5 Å². The smallest absolute Gasteiger partial charge is 0.338 e. The number of carbonyl (C=O) groups is 1. The lowest BCUT2D eigenvalue weighted by atomic mass is 9.76. The number of hydrogen-bond acceptors (Lipinski definition) is 6. The van der Waals surface area contributed by atoms with Gasteiger partial charge in [0.25, 0.3) is 0 Å². The Morgan fingerprint density at radius 2 is 1.87 bits per heavy atom. The van der Waals surface area contributed by atoms with Crippen LogP contribution in [0.25, 0.3) is 0 Å². The van der Waals surface area contributed by atoms with E-state index in [2.05, 4.69) is 0 Å². The van der Waals surface area contributed by atoms with Crippen LogP contribution >= 0.6 is 0 Å². The van der Waals surface area contributed by atoms with E-state index < -0.39 is 39.5 Å². The van der Waals surface area contributed by atoms with Gasteiger partial charge in [-0.1, -0.05) is 17.7 Å². The maximum Gasteiger partial charge on any atom is 0.338 e. The number of ether oxygens (including phenoxy) is 1. The molecule has 0 aromatic heterocycles. The monoisotopic (exact) mass is 437 g/mol. The summed E-state index contributed by atoms with van der Waals surface area (Å²) in [6, 6.07) is 6.24. The summed E-state index contributed by atoms with van der Waals surface area (Å²) >= 11 is 0. The lowest BCUT2D eigenvalue weighted by Crippen LogP contribution is -2.43. The molecule has 1 saturated heterocycles. The van der Waals surface area contributed by atoms with Gasteiger partial charge in [-0.2, -0.15) is 4.31 Å². The van der Waals surface area contributed by atoms with Gasteiger partial charge in [-0.25, -0.2) is 13.2 Å². The summed E-state index contributed by atoms with van der Waals surface area (Å²) in [4.78, 5) is 13.0. The third kappa shape index (κ3) is 4.40. The lowest BCUT2D eigenvalue weighted by Gasteiger charge is -2.36. The molecule has 8 heteroatoms. The summed E-state index contributed by atoms with van der Waals surface area (Å²) in [5.41, 5.74) is 0.424. The quantitative estimate of drug-likeness (QED) is 0.687. The first-order chi connectivity index (χ1) is 14.0. The molecule has 2 N–H and O–H groups in total. The first-order valence-corrected chi connectivity index (χ1v) is 11.8. The molecule has 1 aliphatic heterocycles. The van der Waals surface area contributed by atoms with E-state index in [4.69, 9.17) is 4.74 Å². The van der Waals surface area contributed by atoms with Crippen molar-refractivity contribution in [2.75, 3.05) is 13.2 Å². The minimum Gasteiger partial charge on any atom is -0.511 e. The van der Waals surface area contributed by atoms with E-state index in [0.717, 1.165) is 5.56 Å². The van der Waals surface area contributed by atoms with Crippen LogP contribution in [0.2, 0.25) is 0 Å². The maximum absolute atomic E-state index is 13.3. The number of esters is 1. The number of aliphatic hydroxyl groups is 2. The maximum atomic E-state index is 13.3. The molecule has 30 heavy (non-hydrogen) atoms. The van der Waals surface area contributed by atoms with Crippen molar-refractivity contribution < 1.29 is 28.2 Å². The van der Waals surface area contributed by atoms with Crippen molar-refractivity contribution in [3.05, 3.63) is 41.2 Å². The molecule has 1 aromatic rings.